The van der Waals surface area contributed by atoms with Gasteiger partial charge >= 0.3 is 0 Å². The Labute approximate surface area is 180 Å². The van der Waals surface area contributed by atoms with Gasteiger partial charge in [0.15, 0.2) is 0 Å². The first-order valence-electron chi connectivity index (χ1n) is 10.0. The number of likely N-dealkylation sites (tertiary alicyclic amines) is 1. The molecule has 1 fully saturated rings. The van der Waals surface area contributed by atoms with Gasteiger partial charge in [-0.3, -0.25) is 14.6 Å². The SMILES string of the molecule is COc1cc(-c2cn(C)c(=O)c3cnccc23)cc(Cl)c1C(=O)N1CCC(C)CC1. The number of halogens is 1. The van der Waals surface area contributed by atoms with Crippen LogP contribution in [0.3, 0.4) is 0 Å². The smallest absolute Gasteiger partial charge is 0.259 e. The van der Waals surface area contributed by atoms with Crippen LogP contribution >= 0.6 is 11.6 Å². The number of carbonyl (C=O) groups excluding carboxylic acids is 1. The lowest BCUT2D eigenvalue weighted by Gasteiger charge is -2.31. The van der Waals surface area contributed by atoms with Crippen molar-refractivity contribution < 1.29 is 9.53 Å². The van der Waals surface area contributed by atoms with E-state index in [-0.39, 0.29) is 11.5 Å². The van der Waals surface area contributed by atoms with Crippen LogP contribution in [0.15, 0.2) is 41.6 Å². The number of rotatable bonds is 3. The van der Waals surface area contributed by atoms with Gasteiger partial charge in [0.2, 0.25) is 0 Å². The summed E-state index contributed by atoms with van der Waals surface area (Å²) in [7, 11) is 3.24. The largest absolute Gasteiger partial charge is 0.496 e. The fourth-order valence-corrected chi connectivity index (χ4v) is 4.31. The summed E-state index contributed by atoms with van der Waals surface area (Å²) in [6, 6.07) is 5.38. The van der Waals surface area contributed by atoms with E-state index in [0.29, 0.717) is 27.6 Å². The van der Waals surface area contributed by atoms with Gasteiger partial charge in [0, 0.05) is 44.3 Å². The summed E-state index contributed by atoms with van der Waals surface area (Å²) >= 11 is 6.62. The van der Waals surface area contributed by atoms with Gasteiger partial charge in [-0.05, 0) is 47.9 Å². The van der Waals surface area contributed by atoms with Crippen LogP contribution in [-0.2, 0) is 7.05 Å². The standard InChI is InChI=1S/C23H24ClN3O3/c1-14-5-8-27(9-6-14)23(29)21-19(24)10-15(11-20(21)30-3)18-13-26(2)22(28)17-12-25-7-4-16(17)18/h4,7,10-14H,5-6,8-9H2,1-3H3. The van der Waals surface area contributed by atoms with E-state index < -0.39 is 0 Å². The maximum atomic E-state index is 13.2. The van der Waals surface area contributed by atoms with Gasteiger partial charge in [-0.2, -0.15) is 0 Å². The number of fused-ring (bicyclic) bond motifs is 1. The summed E-state index contributed by atoms with van der Waals surface area (Å²) in [4.78, 5) is 31.6. The van der Waals surface area contributed by atoms with Crippen molar-refractivity contribution in [2.24, 2.45) is 13.0 Å². The minimum absolute atomic E-state index is 0.107. The van der Waals surface area contributed by atoms with E-state index in [1.54, 1.807) is 37.8 Å². The highest BCUT2D eigenvalue weighted by Gasteiger charge is 2.27. The fourth-order valence-electron chi connectivity index (χ4n) is 4.02. The van der Waals surface area contributed by atoms with E-state index in [1.807, 2.05) is 11.0 Å². The Kier molecular flexibility index (Phi) is 5.52. The van der Waals surface area contributed by atoms with Crippen LogP contribution in [-0.4, -0.2) is 40.6 Å². The van der Waals surface area contributed by atoms with E-state index in [9.17, 15) is 9.59 Å². The Hall–Kier alpha value is -2.86. The molecule has 0 radical (unpaired) electrons. The van der Waals surface area contributed by atoms with Gasteiger partial charge < -0.3 is 14.2 Å². The molecule has 1 saturated heterocycles. The number of pyridine rings is 2. The summed E-state index contributed by atoms with van der Waals surface area (Å²) in [5, 5.41) is 1.63. The molecule has 0 spiro atoms. The van der Waals surface area contributed by atoms with Crippen molar-refractivity contribution in [1.29, 1.82) is 0 Å². The Bertz CT molecular complexity index is 1180. The molecule has 0 atom stereocenters. The molecular formula is C23H24ClN3O3. The van der Waals surface area contributed by atoms with E-state index in [4.69, 9.17) is 16.3 Å². The molecule has 30 heavy (non-hydrogen) atoms. The van der Waals surface area contributed by atoms with E-state index in [1.165, 1.54) is 11.7 Å². The molecule has 0 bridgehead atoms. The zero-order chi connectivity index (χ0) is 21.4. The monoisotopic (exact) mass is 425 g/mol. The number of benzene rings is 1. The lowest BCUT2D eigenvalue weighted by molar-refractivity contribution is 0.0694. The van der Waals surface area contributed by atoms with Gasteiger partial charge in [-0.1, -0.05) is 18.5 Å². The second kappa shape index (κ2) is 8.11. The molecule has 1 amide bonds. The maximum Gasteiger partial charge on any atom is 0.259 e. The quantitative estimate of drug-likeness (QED) is 0.632. The molecule has 156 valence electrons. The molecule has 4 rings (SSSR count). The Morgan fingerprint density at radius 3 is 2.67 bits per heavy atom. The fraction of sp³-hybridized carbons (Fsp3) is 0.348. The van der Waals surface area contributed by atoms with Crippen molar-refractivity contribution in [3.8, 4) is 16.9 Å². The molecule has 0 saturated carbocycles. The van der Waals surface area contributed by atoms with Crippen LogP contribution in [0.25, 0.3) is 21.9 Å². The minimum atomic E-state index is -0.119. The Balaban J connectivity index is 1.82. The Morgan fingerprint density at radius 2 is 1.97 bits per heavy atom. The first-order valence-corrected chi connectivity index (χ1v) is 10.4. The zero-order valence-corrected chi connectivity index (χ0v) is 18.1. The molecule has 1 aromatic carbocycles. The van der Waals surface area contributed by atoms with Crippen molar-refractivity contribution in [2.45, 2.75) is 19.8 Å². The number of methoxy groups -OCH3 is 1. The summed E-state index contributed by atoms with van der Waals surface area (Å²) in [5.74, 6) is 0.947. The number of piperidine rings is 1. The lowest BCUT2D eigenvalue weighted by atomic mass is 9.97. The highest BCUT2D eigenvalue weighted by atomic mass is 35.5. The molecular weight excluding hydrogens is 402 g/mol. The van der Waals surface area contributed by atoms with Crippen LogP contribution in [0.4, 0.5) is 0 Å². The van der Waals surface area contributed by atoms with Gasteiger partial charge in [0.1, 0.15) is 11.3 Å². The van der Waals surface area contributed by atoms with Crippen LogP contribution in [0.5, 0.6) is 5.75 Å². The van der Waals surface area contributed by atoms with Gasteiger partial charge in [-0.15, -0.1) is 0 Å². The van der Waals surface area contributed by atoms with E-state index in [2.05, 4.69) is 11.9 Å². The maximum absolute atomic E-state index is 13.2. The summed E-state index contributed by atoms with van der Waals surface area (Å²) in [5.41, 5.74) is 1.85. The third-order valence-corrected chi connectivity index (χ3v) is 6.15. The highest BCUT2D eigenvalue weighted by molar-refractivity contribution is 6.34. The third kappa shape index (κ3) is 3.56. The van der Waals surface area contributed by atoms with Crippen LogP contribution in [0.1, 0.15) is 30.1 Å². The number of carbonyl (C=O) groups is 1. The average Bonchev–Trinajstić information content (AvgIpc) is 2.75. The predicted octanol–water partition coefficient (Wildman–Crippen LogP) is 4.13. The lowest BCUT2D eigenvalue weighted by Crippen LogP contribution is -2.38. The van der Waals surface area contributed by atoms with Gasteiger partial charge in [0.25, 0.3) is 11.5 Å². The molecule has 3 aromatic rings. The normalized spacial score (nSPS) is 14.9. The number of nitrogens with zero attached hydrogens (tertiary/aromatic N) is 3. The number of amides is 1. The van der Waals surface area contributed by atoms with Crippen molar-refractivity contribution in [3.63, 3.8) is 0 Å². The second-order valence-corrected chi connectivity index (χ2v) is 8.30. The van der Waals surface area contributed by atoms with Crippen molar-refractivity contribution in [1.82, 2.24) is 14.5 Å². The van der Waals surface area contributed by atoms with Crippen LogP contribution in [0, 0.1) is 5.92 Å². The predicted molar refractivity (Wildman–Crippen MR) is 118 cm³/mol. The average molecular weight is 426 g/mol. The molecule has 6 nitrogen and oxygen atoms in total. The highest BCUT2D eigenvalue weighted by Crippen LogP contribution is 2.36. The summed E-state index contributed by atoms with van der Waals surface area (Å²) in [6.45, 7) is 3.65. The number of aryl methyl sites for hydroxylation is 1. The topological polar surface area (TPSA) is 64.4 Å². The number of hydrogen-bond donors (Lipinski definition) is 0. The van der Waals surface area contributed by atoms with E-state index >= 15 is 0 Å². The molecule has 0 unspecified atom stereocenters. The zero-order valence-electron chi connectivity index (χ0n) is 17.3. The summed E-state index contributed by atoms with van der Waals surface area (Å²) < 4.78 is 7.10. The van der Waals surface area contributed by atoms with Crippen molar-refractivity contribution in [3.05, 3.63) is 57.7 Å². The van der Waals surface area contributed by atoms with Crippen molar-refractivity contribution >= 4 is 28.3 Å². The van der Waals surface area contributed by atoms with Gasteiger partial charge in [-0.25, -0.2) is 0 Å². The third-order valence-electron chi connectivity index (χ3n) is 5.85. The van der Waals surface area contributed by atoms with Crippen LogP contribution < -0.4 is 10.3 Å². The number of hydrogen-bond acceptors (Lipinski definition) is 4. The molecule has 0 aliphatic carbocycles. The Morgan fingerprint density at radius 1 is 1.23 bits per heavy atom. The molecule has 7 heteroatoms. The number of aromatic nitrogens is 2. The van der Waals surface area contributed by atoms with Crippen molar-refractivity contribution in [2.75, 3.05) is 20.2 Å². The number of ether oxygens (including phenoxy) is 1. The molecule has 0 N–H and O–H groups in total. The van der Waals surface area contributed by atoms with Gasteiger partial charge in [0.05, 0.1) is 17.5 Å². The molecule has 1 aliphatic heterocycles. The minimum Gasteiger partial charge on any atom is -0.496 e. The molecule has 2 aromatic heterocycles. The molecule has 1 aliphatic rings. The second-order valence-electron chi connectivity index (χ2n) is 7.89. The van der Waals surface area contributed by atoms with E-state index in [0.717, 1.165) is 42.4 Å². The first-order chi connectivity index (χ1) is 14.4. The summed E-state index contributed by atoms with van der Waals surface area (Å²) in [6.07, 6.45) is 6.96. The molecule has 3 heterocycles. The van der Waals surface area contributed by atoms with Crippen LogP contribution in [0.2, 0.25) is 5.02 Å². The first kappa shape index (κ1) is 20.4.